The Balaban J connectivity index is 1.64. The quantitative estimate of drug-likeness (QED) is 0.803. The van der Waals surface area contributed by atoms with Crippen LogP contribution in [0.15, 0.2) is 42.5 Å². The van der Waals surface area contributed by atoms with Crippen molar-refractivity contribution in [2.45, 2.75) is 6.54 Å². The van der Waals surface area contributed by atoms with Crippen LogP contribution in [-0.2, 0) is 6.54 Å². The van der Waals surface area contributed by atoms with Crippen molar-refractivity contribution in [3.63, 3.8) is 0 Å². The second kappa shape index (κ2) is 8.07. The molecule has 0 saturated heterocycles. The Morgan fingerprint density at radius 1 is 0.957 bits per heavy atom. The summed E-state index contributed by atoms with van der Waals surface area (Å²) in [5.41, 5.74) is 0.764. The van der Waals surface area contributed by atoms with Gasteiger partial charge in [-0.2, -0.15) is 0 Å². The first kappa shape index (κ1) is 16.7. The van der Waals surface area contributed by atoms with Crippen LogP contribution in [0.5, 0.6) is 5.75 Å². The summed E-state index contributed by atoms with van der Waals surface area (Å²) in [5, 5.41) is 5.14. The number of benzene rings is 2. The highest BCUT2D eigenvalue weighted by atomic mass is 19.2. The molecule has 0 spiro atoms. The number of urea groups is 1. The van der Waals surface area contributed by atoms with Crippen molar-refractivity contribution in [2.24, 2.45) is 0 Å². The van der Waals surface area contributed by atoms with Crippen molar-refractivity contribution in [1.29, 1.82) is 0 Å². The molecule has 0 aliphatic rings. The Morgan fingerprint density at radius 2 is 1.70 bits per heavy atom. The molecular formula is C16H15F3N2O2. The fourth-order valence-electron chi connectivity index (χ4n) is 1.75. The van der Waals surface area contributed by atoms with Crippen LogP contribution in [0, 0.1) is 17.5 Å². The molecule has 2 N–H and O–H groups in total. The zero-order valence-corrected chi connectivity index (χ0v) is 12.1. The highest BCUT2D eigenvalue weighted by Gasteiger charge is 2.04. The zero-order valence-electron chi connectivity index (χ0n) is 12.1. The number of carbonyl (C=O) groups excluding carboxylic acids is 1. The number of hydrogen-bond acceptors (Lipinski definition) is 2. The van der Waals surface area contributed by atoms with Gasteiger partial charge in [-0.1, -0.05) is 12.1 Å². The van der Waals surface area contributed by atoms with Crippen molar-refractivity contribution < 1.29 is 22.7 Å². The minimum absolute atomic E-state index is 0.106. The van der Waals surface area contributed by atoms with Crippen LogP contribution < -0.4 is 15.4 Å². The van der Waals surface area contributed by atoms with Gasteiger partial charge in [-0.15, -0.1) is 0 Å². The number of ether oxygens (including phenoxy) is 1. The number of halogens is 3. The van der Waals surface area contributed by atoms with Gasteiger partial charge in [0.05, 0.1) is 6.54 Å². The van der Waals surface area contributed by atoms with E-state index >= 15 is 0 Å². The molecule has 0 saturated carbocycles. The van der Waals surface area contributed by atoms with E-state index in [4.69, 9.17) is 4.74 Å². The summed E-state index contributed by atoms with van der Waals surface area (Å²) in [6.07, 6.45) is 0. The van der Waals surface area contributed by atoms with Crippen molar-refractivity contribution in [3.8, 4) is 5.75 Å². The summed E-state index contributed by atoms with van der Waals surface area (Å²) >= 11 is 0. The molecule has 0 heterocycles. The summed E-state index contributed by atoms with van der Waals surface area (Å²) < 4.78 is 43.6. The van der Waals surface area contributed by atoms with Crippen LogP contribution in [0.2, 0.25) is 0 Å². The third-order valence-corrected chi connectivity index (χ3v) is 2.91. The summed E-state index contributed by atoms with van der Waals surface area (Å²) in [4.78, 5) is 11.5. The van der Waals surface area contributed by atoms with E-state index in [9.17, 15) is 18.0 Å². The van der Waals surface area contributed by atoms with Gasteiger partial charge in [0.25, 0.3) is 0 Å². The van der Waals surface area contributed by atoms with E-state index in [1.165, 1.54) is 18.2 Å². The fraction of sp³-hybridized carbons (Fsp3) is 0.188. The van der Waals surface area contributed by atoms with Gasteiger partial charge in [0.1, 0.15) is 18.2 Å². The summed E-state index contributed by atoms with van der Waals surface area (Å²) in [6, 6.07) is 8.55. The highest BCUT2D eigenvalue weighted by molar-refractivity contribution is 5.73. The largest absolute Gasteiger partial charge is 0.492 e. The topological polar surface area (TPSA) is 50.4 Å². The fourth-order valence-corrected chi connectivity index (χ4v) is 1.75. The summed E-state index contributed by atoms with van der Waals surface area (Å²) in [5.74, 6) is -2.10. The van der Waals surface area contributed by atoms with Gasteiger partial charge in [0, 0.05) is 12.6 Å². The lowest BCUT2D eigenvalue weighted by atomic mass is 10.2. The van der Waals surface area contributed by atoms with Gasteiger partial charge in [-0.05, 0) is 29.8 Å². The average molecular weight is 324 g/mol. The van der Waals surface area contributed by atoms with Gasteiger partial charge in [-0.3, -0.25) is 0 Å². The molecule has 122 valence electrons. The Hall–Kier alpha value is -2.70. The number of hydrogen-bond donors (Lipinski definition) is 2. The molecule has 2 aromatic rings. The van der Waals surface area contributed by atoms with Crippen LogP contribution in [0.25, 0.3) is 0 Å². The molecule has 2 amide bonds. The predicted molar refractivity (Wildman–Crippen MR) is 78.5 cm³/mol. The van der Waals surface area contributed by atoms with E-state index in [1.807, 2.05) is 0 Å². The summed E-state index contributed by atoms with van der Waals surface area (Å²) in [7, 11) is 0. The van der Waals surface area contributed by atoms with Gasteiger partial charge in [0.2, 0.25) is 0 Å². The molecule has 0 aliphatic carbocycles. The lowest BCUT2D eigenvalue weighted by Crippen LogP contribution is -2.37. The Labute approximate surface area is 131 Å². The number of rotatable bonds is 6. The minimum atomic E-state index is -0.993. The Morgan fingerprint density at radius 3 is 2.39 bits per heavy atom. The first-order valence-corrected chi connectivity index (χ1v) is 6.88. The van der Waals surface area contributed by atoms with E-state index in [2.05, 4.69) is 10.6 Å². The SMILES string of the molecule is O=C(NCCOc1ccc(F)c(F)c1)NCc1ccc(F)cc1. The van der Waals surface area contributed by atoms with E-state index < -0.39 is 17.7 Å². The second-order valence-corrected chi connectivity index (χ2v) is 4.66. The minimum Gasteiger partial charge on any atom is -0.492 e. The zero-order chi connectivity index (χ0) is 16.7. The molecule has 23 heavy (non-hydrogen) atoms. The molecule has 2 rings (SSSR count). The maximum absolute atomic E-state index is 12.9. The lowest BCUT2D eigenvalue weighted by molar-refractivity contribution is 0.236. The van der Waals surface area contributed by atoms with E-state index in [-0.39, 0.29) is 31.3 Å². The number of nitrogens with one attached hydrogen (secondary N) is 2. The molecule has 0 aromatic heterocycles. The molecule has 0 unspecified atom stereocenters. The van der Waals surface area contributed by atoms with Crippen LogP contribution in [-0.4, -0.2) is 19.2 Å². The molecule has 0 bridgehead atoms. The van der Waals surface area contributed by atoms with Crippen molar-refractivity contribution in [3.05, 3.63) is 65.5 Å². The monoisotopic (exact) mass is 324 g/mol. The number of amides is 2. The van der Waals surface area contributed by atoms with Gasteiger partial charge >= 0.3 is 6.03 Å². The maximum atomic E-state index is 12.9. The third kappa shape index (κ3) is 5.54. The third-order valence-electron chi connectivity index (χ3n) is 2.91. The average Bonchev–Trinajstić information content (AvgIpc) is 2.54. The second-order valence-electron chi connectivity index (χ2n) is 4.66. The summed E-state index contributed by atoms with van der Waals surface area (Å²) in [6.45, 7) is 0.555. The van der Waals surface area contributed by atoms with Gasteiger partial charge in [-0.25, -0.2) is 18.0 Å². The smallest absolute Gasteiger partial charge is 0.315 e. The molecule has 0 fully saturated rings. The van der Waals surface area contributed by atoms with E-state index in [0.29, 0.717) is 0 Å². The lowest BCUT2D eigenvalue weighted by Gasteiger charge is -2.09. The van der Waals surface area contributed by atoms with Gasteiger partial charge < -0.3 is 15.4 Å². The van der Waals surface area contributed by atoms with E-state index in [0.717, 1.165) is 17.7 Å². The molecular weight excluding hydrogens is 309 g/mol. The van der Waals surface area contributed by atoms with Crippen molar-refractivity contribution in [2.75, 3.05) is 13.2 Å². The molecule has 4 nitrogen and oxygen atoms in total. The normalized spacial score (nSPS) is 10.2. The maximum Gasteiger partial charge on any atom is 0.315 e. The van der Waals surface area contributed by atoms with Gasteiger partial charge in [0.15, 0.2) is 11.6 Å². The Kier molecular flexibility index (Phi) is 5.85. The van der Waals surface area contributed by atoms with Crippen LogP contribution in [0.4, 0.5) is 18.0 Å². The first-order valence-electron chi connectivity index (χ1n) is 6.88. The molecule has 2 aromatic carbocycles. The highest BCUT2D eigenvalue weighted by Crippen LogP contribution is 2.14. The molecule has 0 radical (unpaired) electrons. The first-order chi connectivity index (χ1) is 11.0. The molecule has 0 aliphatic heterocycles. The Bertz CT molecular complexity index is 663. The molecule has 0 atom stereocenters. The van der Waals surface area contributed by atoms with Crippen molar-refractivity contribution >= 4 is 6.03 Å². The van der Waals surface area contributed by atoms with Crippen LogP contribution >= 0.6 is 0 Å². The van der Waals surface area contributed by atoms with Crippen LogP contribution in [0.3, 0.4) is 0 Å². The van der Waals surface area contributed by atoms with E-state index in [1.54, 1.807) is 12.1 Å². The van der Waals surface area contributed by atoms with Crippen molar-refractivity contribution in [1.82, 2.24) is 10.6 Å². The molecule has 7 heteroatoms. The standard InChI is InChI=1S/C16H15F3N2O2/c17-12-3-1-11(2-4-12)10-21-16(22)20-7-8-23-13-5-6-14(18)15(19)9-13/h1-6,9H,7-8,10H2,(H2,20,21,22). The predicted octanol–water partition coefficient (Wildman–Crippen LogP) is 2.98. The van der Waals surface area contributed by atoms with Crippen LogP contribution in [0.1, 0.15) is 5.56 Å². The number of carbonyl (C=O) groups is 1.